The Labute approximate surface area is 126 Å². The summed E-state index contributed by atoms with van der Waals surface area (Å²) < 4.78 is 6.86. The van der Waals surface area contributed by atoms with Crippen molar-refractivity contribution in [2.45, 2.75) is 45.8 Å². The quantitative estimate of drug-likeness (QED) is 0.796. The lowest BCUT2D eigenvalue weighted by molar-refractivity contribution is -0.140. The van der Waals surface area contributed by atoms with E-state index in [0.29, 0.717) is 12.5 Å². The molecule has 114 valence electrons. The van der Waals surface area contributed by atoms with Crippen LogP contribution in [0.15, 0.2) is 30.5 Å². The molecule has 1 aromatic carbocycles. The molecule has 0 aliphatic heterocycles. The van der Waals surface area contributed by atoms with E-state index in [1.807, 2.05) is 0 Å². The van der Waals surface area contributed by atoms with E-state index in [1.165, 1.54) is 23.6 Å². The minimum absolute atomic E-state index is 0.145. The third-order valence-corrected chi connectivity index (χ3v) is 3.56. The number of aryl methyl sites for hydroxylation is 1. The van der Waals surface area contributed by atoms with E-state index in [9.17, 15) is 4.79 Å². The standard InChI is InChI=1S/C17H24N2O2/c1-13(2)18-12-14-6-7-16-15(11-14)8-10-19(16)9-4-5-17(20)21-3/h6-8,10-11,13,18H,4-5,9,12H2,1-3H3. The number of hydrogen-bond acceptors (Lipinski definition) is 3. The minimum atomic E-state index is -0.145. The van der Waals surface area contributed by atoms with Crippen LogP contribution in [0.1, 0.15) is 32.3 Å². The lowest BCUT2D eigenvalue weighted by Gasteiger charge is -2.09. The second-order valence-corrected chi connectivity index (χ2v) is 5.62. The number of nitrogens with zero attached hydrogens (tertiary/aromatic N) is 1. The Kier molecular flexibility index (Phi) is 5.39. The van der Waals surface area contributed by atoms with Gasteiger partial charge in [-0.15, -0.1) is 0 Å². The van der Waals surface area contributed by atoms with Crippen LogP contribution in [0.5, 0.6) is 0 Å². The number of carbonyl (C=O) groups is 1. The van der Waals surface area contributed by atoms with E-state index in [2.05, 4.69) is 58.9 Å². The number of esters is 1. The molecule has 0 saturated heterocycles. The number of rotatable bonds is 7. The molecule has 0 fully saturated rings. The number of methoxy groups -OCH3 is 1. The zero-order valence-corrected chi connectivity index (χ0v) is 13.1. The fourth-order valence-corrected chi connectivity index (χ4v) is 2.37. The maximum absolute atomic E-state index is 11.1. The molecule has 1 N–H and O–H groups in total. The summed E-state index contributed by atoms with van der Waals surface area (Å²) in [5.74, 6) is -0.145. The van der Waals surface area contributed by atoms with Crippen LogP contribution in [0.25, 0.3) is 10.9 Å². The van der Waals surface area contributed by atoms with Crippen LogP contribution in [0.3, 0.4) is 0 Å². The molecular weight excluding hydrogens is 264 g/mol. The average molecular weight is 288 g/mol. The van der Waals surface area contributed by atoms with Gasteiger partial charge in [-0.3, -0.25) is 4.79 Å². The van der Waals surface area contributed by atoms with Crippen LogP contribution in [-0.2, 0) is 22.6 Å². The Hall–Kier alpha value is -1.81. The number of benzene rings is 1. The summed E-state index contributed by atoms with van der Waals surface area (Å²) in [6.45, 7) is 6.02. The van der Waals surface area contributed by atoms with Crippen LogP contribution in [0.4, 0.5) is 0 Å². The van der Waals surface area contributed by atoms with E-state index < -0.39 is 0 Å². The maximum Gasteiger partial charge on any atom is 0.305 e. The van der Waals surface area contributed by atoms with Crippen molar-refractivity contribution in [2.75, 3.05) is 7.11 Å². The van der Waals surface area contributed by atoms with Gasteiger partial charge in [-0.1, -0.05) is 19.9 Å². The van der Waals surface area contributed by atoms with Crippen molar-refractivity contribution < 1.29 is 9.53 Å². The predicted molar refractivity (Wildman–Crippen MR) is 85.2 cm³/mol. The Morgan fingerprint density at radius 2 is 2.14 bits per heavy atom. The van der Waals surface area contributed by atoms with E-state index in [0.717, 1.165) is 19.5 Å². The highest BCUT2D eigenvalue weighted by Crippen LogP contribution is 2.18. The molecule has 0 saturated carbocycles. The lowest BCUT2D eigenvalue weighted by Crippen LogP contribution is -2.21. The van der Waals surface area contributed by atoms with Gasteiger partial charge in [-0.25, -0.2) is 0 Å². The molecule has 0 atom stereocenters. The molecule has 4 heteroatoms. The molecule has 0 unspecified atom stereocenters. The molecule has 2 rings (SSSR count). The molecule has 2 aromatic rings. The molecule has 0 aliphatic carbocycles. The fraction of sp³-hybridized carbons (Fsp3) is 0.471. The Balaban J connectivity index is 2.01. The van der Waals surface area contributed by atoms with Gasteiger partial charge in [0.15, 0.2) is 0 Å². The highest BCUT2D eigenvalue weighted by molar-refractivity contribution is 5.80. The van der Waals surface area contributed by atoms with Crippen molar-refractivity contribution in [1.29, 1.82) is 0 Å². The summed E-state index contributed by atoms with van der Waals surface area (Å²) in [5, 5.41) is 4.67. The summed E-state index contributed by atoms with van der Waals surface area (Å²) in [7, 11) is 1.43. The molecule has 0 aliphatic rings. The first-order chi connectivity index (χ1) is 10.1. The normalized spacial score (nSPS) is 11.2. The Morgan fingerprint density at radius 1 is 1.33 bits per heavy atom. The number of fused-ring (bicyclic) bond motifs is 1. The number of ether oxygens (including phenoxy) is 1. The number of nitrogens with one attached hydrogen (secondary N) is 1. The van der Waals surface area contributed by atoms with Crippen molar-refractivity contribution >= 4 is 16.9 Å². The topological polar surface area (TPSA) is 43.3 Å². The highest BCUT2D eigenvalue weighted by Gasteiger charge is 2.05. The molecule has 0 radical (unpaired) electrons. The van der Waals surface area contributed by atoms with E-state index in [-0.39, 0.29) is 5.97 Å². The van der Waals surface area contributed by atoms with Gasteiger partial charge in [0.25, 0.3) is 0 Å². The molecule has 0 bridgehead atoms. The van der Waals surface area contributed by atoms with Gasteiger partial charge >= 0.3 is 5.97 Å². The van der Waals surface area contributed by atoms with Crippen molar-refractivity contribution in [3.8, 4) is 0 Å². The second-order valence-electron chi connectivity index (χ2n) is 5.62. The monoisotopic (exact) mass is 288 g/mol. The minimum Gasteiger partial charge on any atom is -0.469 e. The Bertz CT molecular complexity index is 602. The van der Waals surface area contributed by atoms with Gasteiger partial charge in [0.1, 0.15) is 0 Å². The number of carbonyl (C=O) groups excluding carboxylic acids is 1. The van der Waals surface area contributed by atoms with Crippen molar-refractivity contribution in [3.05, 3.63) is 36.0 Å². The maximum atomic E-state index is 11.1. The molecule has 21 heavy (non-hydrogen) atoms. The summed E-state index contributed by atoms with van der Waals surface area (Å²) in [6, 6.07) is 9.16. The summed E-state index contributed by atoms with van der Waals surface area (Å²) in [4.78, 5) is 11.1. The van der Waals surface area contributed by atoms with Crippen LogP contribution >= 0.6 is 0 Å². The van der Waals surface area contributed by atoms with Crippen molar-refractivity contribution in [1.82, 2.24) is 9.88 Å². The number of hydrogen-bond donors (Lipinski definition) is 1. The van der Waals surface area contributed by atoms with Crippen LogP contribution in [-0.4, -0.2) is 23.7 Å². The number of aromatic nitrogens is 1. The fourth-order valence-electron chi connectivity index (χ4n) is 2.37. The molecule has 0 amide bonds. The van der Waals surface area contributed by atoms with Crippen LogP contribution in [0, 0.1) is 0 Å². The van der Waals surface area contributed by atoms with E-state index in [4.69, 9.17) is 0 Å². The van der Waals surface area contributed by atoms with Gasteiger partial charge in [0, 0.05) is 37.3 Å². The summed E-state index contributed by atoms with van der Waals surface area (Å²) in [6.07, 6.45) is 3.35. The molecular formula is C17H24N2O2. The lowest BCUT2D eigenvalue weighted by atomic mass is 10.1. The molecule has 1 heterocycles. The van der Waals surface area contributed by atoms with Crippen LogP contribution in [0.2, 0.25) is 0 Å². The summed E-state index contributed by atoms with van der Waals surface area (Å²) in [5.41, 5.74) is 2.51. The van der Waals surface area contributed by atoms with Gasteiger partial charge in [-0.2, -0.15) is 0 Å². The predicted octanol–water partition coefficient (Wildman–Crippen LogP) is 3.09. The third-order valence-electron chi connectivity index (χ3n) is 3.56. The van der Waals surface area contributed by atoms with Gasteiger partial charge in [0.2, 0.25) is 0 Å². The van der Waals surface area contributed by atoms with E-state index in [1.54, 1.807) is 0 Å². The van der Waals surface area contributed by atoms with E-state index >= 15 is 0 Å². The Morgan fingerprint density at radius 3 is 2.86 bits per heavy atom. The first-order valence-corrected chi connectivity index (χ1v) is 7.48. The highest BCUT2D eigenvalue weighted by atomic mass is 16.5. The largest absolute Gasteiger partial charge is 0.469 e. The SMILES string of the molecule is COC(=O)CCCn1ccc2cc(CNC(C)C)ccc21. The smallest absolute Gasteiger partial charge is 0.305 e. The third kappa shape index (κ3) is 4.33. The van der Waals surface area contributed by atoms with Crippen molar-refractivity contribution in [2.24, 2.45) is 0 Å². The second kappa shape index (κ2) is 7.27. The van der Waals surface area contributed by atoms with Crippen molar-refractivity contribution in [3.63, 3.8) is 0 Å². The zero-order chi connectivity index (χ0) is 15.2. The first-order valence-electron chi connectivity index (χ1n) is 7.48. The van der Waals surface area contributed by atoms with Crippen LogP contribution < -0.4 is 5.32 Å². The first kappa shape index (κ1) is 15.6. The average Bonchev–Trinajstić information content (AvgIpc) is 2.87. The van der Waals surface area contributed by atoms with Gasteiger partial charge < -0.3 is 14.6 Å². The summed E-state index contributed by atoms with van der Waals surface area (Å²) >= 11 is 0. The van der Waals surface area contributed by atoms with Gasteiger partial charge in [0.05, 0.1) is 7.11 Å². The molecule has 4 nitrogen and oxygen atoms in total. The molecule has 0 spiro atoms. The van der Waals surface area contributed by atoms with Gasteiger partial charge in [-0.05, 0) is 35.6 Å². The zero-order valence-electron chi connectivity index (χ0n) is 13.1. The molecule has 1 aromatic heterocycles.